The Bertz CT molecular complexity index is 205. The van der Waals surface area contributed by atoms with Gasteiger partial charge in [0, 0.05) is 0 Å². The second-order valence-electron chi connectivity index (χ2n) is 4.33. The molecule has 0 aromatic carbocycles. The van der Waals surface area contributed by atoms with Crippen molar-refractivity contribution >= 4 is 5.97 Å². The molecule has 0 amide bonds. The summed E-state index contributed by atoms with van der Waals surface area (Å²) in [6.07, 6.45) is 2.51. The number of carbonyl (C=O) groups is 1. The lowest BCUT2D eigenvalue weighted by Gasteiger charge is -2.39. The maximum Gasteiger partial charge on any atom is 0.323 e. The molecular formula is C10H19NO2. The summed E-state index contributed by atoms with van der Waals surface area (Å²) in [5.41, 5.74) is -0.661. The molecule has 1 fully saturated rings. The van der Waals surface area contributed by atoms with Crippen LogP contribution in [0.2, 0.25) is 0 Å². The van der Waals surface area contributed by atoms with Crippen LogP contribution in [0.1, 0.15) is 33.1 Å². The van der Waals surface area contributed by atoms with Gasteiger partial charge in [-0.05, 0) is 38.1 Å². The standard InChI is InChI=1S/C10H19NO2/c1-7-4-5-10(11-3,9(12)13)6-8(7)2/h7-8,11H,4-6H2,1-3H3,(H,12,13). The summed E-state index contributed by atoms with van der Waals surface area (Å²) in [5, 5.41) is 12.1. The first-order chi connectivity index (χ1) is 6.02. The number of nitrogens with one attached hydrogen (secondary N) is 1. The molecule has 1 aliphatic carbocycles. The highest BCUT2D eigenvalue weighted by Crippen LogP contribution is 2.36. The van der Waals surface area contributed by atoms with Crippen molar-refractivity contribution in [1.82, 2.24) is 5.32 Å². The van der Waals surface area contributed by atoms with Gasteiger partial charge in [-0.2, -0.15) is 0 Å². The fraction of sp³-hybridized carbons (Fsp3) is 0.900. The fourth-order valence-corrected chi connectivity index (χ4v) is 2.14. The molecule has 0 aromatic heterocycles. The molecule has 0 aliphatic heterocycles. The summed E-state index contributed by atoms with van der Waals surface area (Å²) >= 11 is 0. The molecule has 3 heteroatoms. The minimum atomic E-state index is -0.700. The highest BCUT2D eigenvalue weighted by Gasteiger charge is 2.42. The van der Waals surface area contributed by atoms with E-state index in [9.17, 15) is 4.79 Å². The van der Waals surface area contributed by atoms with E-state index in [4.69, 9.17) is 5.11 Å². The molecule has 1 saturated carbocycles. The summed E-state index contributed by atoms with van der Waals surface area (Å²) in [7, 11) is 1.75. The van der Waals surface area contributed by atoms with Crippen LogP contribution in [0.5, 0.6) is 0 Å². The molecular weight excluding hydrogens is 166 g/mol. The Morgan fingerprint density at radius 1 is 1.46 bits per heavy atom. The third kappa shape index (κ3) is 1.85. The van der Waals surface area contributed by atoms with Gasteiger partial charge >= 0.3 is 5.97 Å². The van der Waals surface area contributed by atoms with E-state index in [1.165, 1.54) is 0 Å². The van der Waals surface area contributed by atoms with Gasteiger partial charge in [0.25, 0.3) is 0 Å². The van der Waals surface area contributed by atoms with Crippen LogP contribution in [-0.4, -0.2) is 23.7 Å². The molecule has 0 bridgehead atoms. The van der Waals surface area contributed by atoms with Crippen LogP contribution >= 0.6 is 0 Å². The van der Waals surface area contributed by atoms with Gasteiger partial charge in [0.05, 0.1) is 0 Å². The predicted molar refractivity (Wildman–Crippen MR) is 51.6 cm³/mol. The lowest BCUT2D eigenvalue weighted by atomic mass is 9.71. The summed E-state index contributed by atoms with van der Waals surface area (Å²) in [5.74, 6) is 0.451. The van der Waals surface area contributed by atoms with E-state index < -0.39 is 11.5 Å². The lowest BCUT2D eigenvalue weighted by Crippen LogP contribution is -2.54. The minimum Gasteiger partial charge on any atom is -0.480 e. The van der Waals surface area contributed by atoms with Crippen molar-refractivity contribution in [3.8, 4) is 0 Å². The summed E-state index contributed by atoms with van der Waals surface area (Å²) in [4.78, 5) is 11.1. The van der Waals surface area contributed by atoms with Gasteiger partial charge in [0.2, 0.25) is 0 Å². The maximum absolute atomic E-state index is 11.1. The first-order valence-electron chi connectivity index (χ1n) is 4.94. The van der Waals surface area contributed by atoms with Crippen LogP contribution < -0.4 is 5.32 Å². The molecule has 3 unspecified atom stereocenters. The van der Waals surface area contributed by atoms with Gasteiger partial charge in [-0.1, -0.05) is 13.8 Å². The van der Waals surface area contributed by atoms with Crippen LogP contribution in [-0.2, 0) is 4.79 Å². The van der Waals surface area contributed by atoms with Gasteiger partial charge in [0.1, 0.15) is 5.54 Å². The van der Waals surface area contributed by atoms with E-state index in [1.807, 2.05) is 0 Å². The van der Waals surface area contributed by atoms with E-state index in [-0.39, 0.29) is 0 Å². The Labute approximate surface area is 79.5 Å². The molecule has 0 aromatic rings. The number of likely N-dealkylation sites (N-methyl/N-ethyl adjacent to an activating group) is 1. The van der Waals surface area contributed by atoms with E-state index in [0.717, 1.165) is 19.3 Å². The van der Waals surface area contributed by atoms with Crippen LogP contribution in [0.4, 0.5) is 0 Å². The molecule has 0 heterocycles. The molecule has 0 spiro atoms. The fourth-order valence-electron chi connectivity index (χ4n) is 2.14. The Hall–Kier alpha value is -0.570. The molecule has 1 aliphatic rings. The van der Waals surface area contributed by atoms with Crippen molar-refractivity contribution in [2.75, 3.05) is 7.05 Å². The third-order valence-electron chi connectivity index (χ3n) is 3.56. The smallest absolute Gasteiger partial charge is 0.323 e. The highest BCUT2D eigenvalue weighted by atomic mass is 16.4. The second kappa shape index (κ2) is 3.66. The van der Waals surface area contributed by atoms with Crippen molar-refractivity contribution < 1.29 is 9.90 Å². The highest BCUT2D eigenvalue weighted by molar-refractivity contribution is 5.78. The van der Waals surface area contributed by atoms with E-state index in [0.29, 0.717) is 11.8 Å². The predicted octanol–water partition coefficient (Wildman–Crippen LogP) is 1.49. The Kier molecular flexibility index (Phi) is 2.96. The Morgan fingerprint density at radius 2 is 2.08 bits per heavy atom. The number of hydrogen-bond acceptors (Lipinski definition) is 2. The van der Waals surface area contributed by atoms with Crippen LogP contribution in [0.15, 0.2) is 0 Å². The molecule has 13 heavy (non-hydrogen) atoms. The average Bonchev–Trinajstić information content (AvgIpc) is 2.09. The number of aliphatic carboxylic acids is 1. The van der Waals surface area contributed by atoms with E-state index in [2.05, 4.69) is 19.2 Å². The van der Waals surface area contributed by atoms with Crippen molar-refractivity contribution in [1.29, 1.82) is 0 Å². The Balaban J connectivity index is 2.74. The van der Waals surface area contributed by atoms with Gasteiger partial charge < -0.3 is 10.4 Å². The zero-order valence-corrected chi connectivity index (χ0v) is 8.63. The monoisotopic (exact) mass is 185 g/mol. The molecule has 0 saturated heterocycles. The largest absolute Gasteiger partial charge is 0.480 e. The first-order valence-corrected chi connectivity index (χ1v) is 4.94. The van der Waals surface area contributed by atoms with Gasteiger partial charge in [-0.3, -0.25) is 4.79 Å². The first kappa shape index (κ1) is 10.5. The average molecular weight is 185 g/mol. The van der Waals surface area contributed by atoms with Crippen molar-refractivity contribution in [3.63, 3.8) is 0 Å². The zero-order chi connectivity index (χ0) is 10.1. The van der Waals surface area contributed by atoms with Crippen molar-refractivity contribution in [2.24, 2.45) is 11.8 Å². The summed E-state index contributed by atoms with van der Waals surface area (Å²) < 4.78 is 0. The van der Waals surface area contributed by atoms with Gasteiger partial charge in [0.15, 0.2) is 0 Å². The molecule has 1 rings (SSSR count). The number of carboxylic acids is 1. The minimum absolute atomic E-state index is 0.497. The summed E-state index contributed by atoms with van der Waals surface area (Å²) in [6, 6.07) is 0. The lowest BCUT2D eigenvalue weighted by molar-refractivity contribution is -0.147. The molecule has 3 nitrogen and oxygen atoms in total. The van der Waals surface area contributed by atoms with Crippen molar-refractivity contribution in [2.45, 2.75) is 38.6 Å². The SMILES string of the molecule is CNC1(C(=O)O)CCC(C)C(C)C1. The number of rotatable bonds is 2. The zero-order valence-electron chi connectivity index (χ0n) is 8.63. The molecule has 2 N–H and O–H groups in total. The molecule has 3 atom stereocenters. The second-order valence-corrected chi connectivity index (χ2v) is 4.33. The van der Waals surface area contributed by atoms with Crippen LogP contribution in [0, 0.1) is 11.8 Å². The van der Waals surface area contributed by atoms with Gasteiger partial charge in [-0.15, -0.1) is 0 Å². The normalized spacial score (nSPS) is 40.2. The molecule has 0 radical (unpaired) electrons. The maximum atomic E-state index is 11.1. The number of carboxylic acid groups (broad SMARTS) is 1. The van der Waals surface area contributed by atoms with E-state index in [1.54, 1.807) is 7.05 Å². The topological polar surface area (TPSA) is 49.3 Å². The van der Waals surface area contributed by atoms with Crippen molar-refractivity contribution in [3.05, 3.63) is 0 Å². The number of hydrogen-bond donors (Lipinski definition) is 2. The van der Waals surface area contributed by atoms with Crippen LogP contribution in [0.25, 0.3) is 0 Å². The third-order valence-corrected chi connectivity index (χ3v) is 3.56. The Morgan fingerprint density at radius 3 is 2.46 bits per heavy atom. The molecule has 76 valence electrons. The van der Waals surface area contributed by atoms with Crippen LogP contribution in [0.3, 0.4) is 0 Å². The van der Waals surface area contributed by atoms with E-state index >= 15 is 0 Å². The van der Waals surface area contributed by atoms with Gasteiger partial charge in [-0.25, -0.2) is 0 Å². The summed E-state index contributed by atoms with van der Waals surface area (Å²) in [6.45, 7) is 4.34. The quantitative estimate of drug-likeness (QED) is 0.685.